The Morgan fingerprint density at radius 3 is 2.40 bits per heavy atom. The number of methoxy groups -OCH3 is 1. The van der Waals surface area contributed by atoms with Crippen LogP contribution in [0.2, 0.25) is 0 Å². The molecule has 0 heterocycles. The van der Waals surface area contributed by atoms with Crippen LogP contribution in [0, 0.1) is 0 Å². The van der Waals surface area contributed by atoms with Crippen LogP contribution in [0.3, 0.4) is 0 Å². The molecular weight excluding hydrogens is 294 g/mol. The molecule has 0 saturated heterocycles. The first-order chi connectivity index (χ1) is 9.15. The zero-order chi connectivity index (χ0) is 15.8. The number of hydrogen-bond acceptors (Lipinski definition) is 6. The lowest BCUT2D eigenvalue weighted by molar-refractivity contribution is -0.142. The van der Waals surface area contributed by atoms with Crippen LogP contribution in [0.1, 0.15) is 12.8 Å². The molecule has 0 aromatic heterocycles. The highest BCUT2D eigenvalue weighted by molar-refractivity contribution is 7.89. The molecule has 0 aliphatic rings. The number of aliphatic carboxylic acids is 1. The van der Waals surface area contributed by atoms with Crippen molar-refractivity contribution in [1.82, 2.24) is 10.6 Å². The van der Waals surface area contributed by atoms with Gasteiger partial charge in [0.1, 0.15) is 6.04 Å². The van der Waals surface area contributed by atoms with Crippen LogP contribution >= 0.6 is 0 Å². The maximum absolute atomic E-state index is 11.3. The molecule has 0 aromatic carbocycles. The van der Waals surface area contributed by atoms with Crippen molar-refractivity contribution in [3.63, 3.8) is 0 Å². The molecular formula is C9H17N3O7S. The number of primary sulfonamides is 1. The number of amides is 2. The summed E-state index contributed by atoms with van der Waals surface area (Å²) in [7, 11) is -2.55. The SMILES string of the molecule is COC(=O)CC[C@H](NC(=O)NCCS(N)(=O)=O)C(=O)O. The molecule has 0 bridgehead atoms. The molecule has 1 atom stereocenters. The number of esters is 1. The highest BCUT2D eigenvalue weighted by Gasteiger charge is 2.21. The number of carboxylic acids is 1. The number of ether oxygens (including phenoxy) is 1. The van der Waals surface area contributed by atoms with Gasteiger partial charge in [0.25, 0.3) is 0 Å². The summed E-state index contributed by atoms with van der Waals surface area (Å²) in [6.07, 6.45) is -0.324. The fourth-order valence-corrected chi connectivity index (χ4v) is 1.52. The van der Waals surface area contributed by atoms with E-state index in [9.17, 15) is 22.8 Å². The van der Waals surface area contributed by atoms with E-state index in [1.807, 2.05) is 0 Å². The Morgan fingerprint density at radius 1 is 1.35 bits per heavy atom. The first-order valence-electron chi connectivity index (χ1n) is 5.50. The number of sulfonamides is 1. The Bertz CT molecular complexity index is 462. The molecule has 0 aromatic rings. The van der Waals surface area contributed by atoms with Crippen LogP contribution in [-0.2, 0) is 24.3 Å². The average molecular weight is 311 g/mol. The third-order valence-corrected chi connectivity index (χ3v) is 2.91. The molecule has 116 valence electrons. The predicted molar refractivity (Wildman–Crippen MR) is 67.2 cm³/mol. The monoisotopic (exact) mass is 311 g/mol. The Hall–Kier alpha value is -1.88. The van der Waals surface area contributed by atoms with Crippen LogP contribution in [0.15, 0.2) is 0 Å². The number of nitrogens with two attached hydrogens (primary N) is 1. The number of carbonyl (C=O) groups is 3. The normalized spacial score (nSPS) is 12.3. The summed E-state index contributed by atoms with van der Waals surface area (Å²) in [4.78, 5) is 33.1. The van der Waals surface area contributed by atoms with E-state index in [0.29, 0.717) is 0 Å². The standard InChI is InChI=1S/C9H17N3O7S/c1-19-7(13)3-2-6(8(14)15)12-9(16)11-4-5-20(10,17)18/h6H,2-5H2,1H3,(H,14,15)(H2,10,17,18)(H2,11,12,16)/t6-/m0/s1. The highest BCUT2D eigenvalue weighted by Crippen LogP contribution is 1.99. The van der Waals surface area contributed by atoms with Gasteiger partial charge in [0, 0.05) is 13.0 Å². The fourth-order valence-electron chi connectivity index (χ4n) is 1.14. The number of carboxylic acid groups (broad SMARTS) is 1. The van der Waals surface area contributed by atoms with Gasteiger partial charge in [0.15, 0.2) is 0 Å². The second kappa shape index (κ2) is 8.32. The van der Waals surface area contributed by atoms with Crippen molar-refractivity contribution in [2.45, 2.75) is 18.9 Å². The summed E-state index contributed by atoms with van der Waals surface area (Å²) in [5.74, 6) is -2.40. The third-order valence-electron chi connectivity index (χ3n) is 2.14. The zero-order valence-corrected chi connectivity index (χ0v) is 11.6. The quantitative estimate of drug-likeness (QED) is 0.375. The topological polar surface area (TPSA) is 165 Å². The minimum atomic E-state index is -3.71. The average Bonchev–Trinajstić information content (AvgIpc) is 2.31. The number of urea groups is 1. The minimum Gasteiger partial charge on any atom is -0.480 e. The van der Waals surface area contributed by atoms with E-state index in [0.717, 1.165) is 7.11 Å². The molecule has 10 nitrogen and oxygen atoms in total. The Morgan fingerprint density at radius 2 is 1.95 bits per heavy atom. The molecule has 0 radical (unpaired) electrons. The third kappa shape index (κ3) is 9.10. The number of hydrogen-bond donors (Lipinski definition) is 4. The largest absolute Gasteiger partial charge is 0.480 e. The lowest BCUT2D eigenvalue weighted by Crippen LogP contribution is -2.47. The van der Waals surface area contributed by atoms with Crippen molar-refractivity contribution in [2.24, 2.45) is 5.14 Å². The Kier molecular flexibility index (Phi) is 7.54. The van der Waals surface area contributed by atoms with Crippen molar-refractivity contribution < 1.29 is 32.6 Å². The van der Waals surface area contributed by atoms with Gasteiger partial charge in [-0.1, -0.05) is 0 Å². The van der Waals surface area contributed by atoms with E-state index < -0.39 is 39.8 Å². The van der Waals surface area contributed by atoms with Gasteiger partial charge in [-0.3, -0.25) is 4.79 Å². The van der Waals surface area contributed by atoms with Crippen LogP contribution in [0.5, 0.6) is 0 Å². The van der Waals surface area contributed by atoms with Crippen LogP contribution in [0.25, 0.3) is 0 Å². The maximum atomic E-state index is 11.3. The van der Waals surface area contributed by atoms with Gasteiger partial charge in [-0.25, -0.2) is 23.1 Å². The molecule has 0 unspecified atom stereocenters. The molecule has 0 fully saturated rings. The molecule has 0 spiro atoms. The van der Waals surface area contributed by atoms with E-state index >= 15 is 0 Å². The maximum Gasteiger partial charge on any atom is 0.326 e. The van der Waals surface area contributed by atoms with Crippen molar-refractivity contribution in [3.05, 3.63) is 0 Å². The van der Waals surface area contributed by atoms with Gasteiger partial charge in [0.2, 0.25) is 10.0 Å². The smallest absolute Gasteiger partial charge is 0.326 e. The minimum absolute atomic E-state index is 0.148. The summed E-state index contributed by atoms with van der Waals surface area (Å²) in [6.45, 7) is -0.256. The lowest BCUT2D eigenvalue weighted by atomic mass is 10.1. The van der Waals surface area contributed by atoms with Gasteiger partial charge in [-0.05, 0) is 6.42 Å². The molecule has 0 saturated carbocycles. The van der Waals surface area contributed by atoms with Crippen LogP contribution in [0.4, 0.5) is 4.79 Å². The molecule has 2 amide bonds. The number of nitrogens with one attached hydrogen (secondary N) is 2. The first kappa shape index (κ1) is 18.1. The van der Waals surface area contributed by atoms with E-state index in [-0.39, 0.29) is 19.4 Å². The summed E-state index contributed by atoms with van der Waals surface area (Å²) < 4.78 is 25.6. The van der Waals surface area contributed by atoms with Gasteiger partial charge in [-0.15, -0.1) is 0 Å². The second-order valence-electron chi connectivity index (χ2n) is 3.77. The summed E-state index contributed by atoms with van der Waals surface area (Å²) in [5.41, 5.74) is 0. The van der Waals surface area contributed by atoms with Crippen molar-refractivity contribution >= 4 is 28.0 Å². The molecule has 0 aliphatic heterocycles. The van der Waals surface area contributed by atoms with Crippen LogP contribution in [-0.4, -0.2) is 56.9 Å². The van der Waals surface area contributed by atoms with E-state index in [1.165, 1.54) is 0 Å². The summed E-state index contributed by atoms with van der Waals surface area (Å²) in [6, 6.07) is -2.16. The van der Waals surface area contributed by atoms with Crippen molar-refractivity contribution in [1.29, 1.82) is 0 Å². The van der Waals surface area contributed by atoms with E-state index in [1.54, 1.807) is 0 Å². The number of carbonyl (C=O) groups excluding carboxylic acids is 2. The van der Waals surface area contributed by atoms with E-state index in [2.05, 4.69) is 15.4 Å². The fraction of sp³-hybridized carbons (Fsp3) is 0.667. The first-order valence-corrected chi connectivity index (χ1v) is 7.21. The Labute approximate surface area is 115 Å². The molecule has 0 rings (SSSR count). The molecule has 5 N–H and O–H groups in total. The summed E-state index contributed by atoms with van der Waals surface area (Å²) in [5, 5.41) is 17.8. The molecule has 20 heavy (non-hydrogen) atoms. The second-order valence-corrected chi connectivity index (χ2v) is 5.51. The van der Waals surface area contributed by atoms with Crippen LogP contribution < -0.4 is 15.8 Å². The van der Waals surface area contributed by atoms with Crippen molar-refractivity contribution in [3.8, 4) is 0 Å². The number of rotatable bonds is 8. The highest BCUT2D eigenvalue weighted by atomic mass is 32.2. The Balaban J connectivity index is 4.21. The van der Waals surface area contributed by atoms with Gasteiger partial charge >= 0.3 is 18.0 Å². The summed E-state index contributed by atoms with van der Waals surface area (Å²) >= 11 is 0. The van der Waals surface area contributed by atoms with Gasteiger partial charge in [-0.2, -0.15) is 0 Å². The molecule has 11 heteroatoms. The predicted octanol–water partition coefficient (Wildman–Crippen LogP) is -2.02. The zero-order valence-electron chi connectivity index (χ0n) is 10.8. The molecule has 0 aliphatic carbocycles. The van der Waals surface area contributed by atoms with E-state index in [4.69, 9.17) is 10.2 Å². The van der Waals surface area contributed by atoms with Crippen molar-refractivity contribution in [2.75, 3.05) is 19.4 Å². The lowest BCUT2D eigenvalue weighted by Gasteiger charge is -2.14. The van der Waals surface area contributed by atoms with Gasteiger partial charge in [0.05, 0.1) is 12.9 Å². The van der Waals surface area contributed by atoms with Gasteiger partial charge < -0.3 is 20.5 Å².